The van der Waals surface area contributed by atoms with E-state index in [-0.39, 0.29) is 0 Å². The molecule has 1 heterocycles. The maximum atomic E-state index is 14.1. The number of hydrogen-bond donors (Lipinski definition) is 0. The molecule has 0 aliphatic heterocycles. The highest BCUT2D eigenvalue weighted by Crippen LogP contribution is 2.21. The summed E-state index contributed by atoms with van der Waals surface area (Å²) in [5.74, 6) is 1.94. The summed E-state index contributed by atoms with van der Waals surface area (Å²) < 4.78 is 19.8. The van der Waals surface area contributed by atoms with Crippen molar-refractivity contribution >= 4 is 0 Å². The molecule has 0 radical (unpaired) electrons. The smallest absolute Gasteiger partial charge is 0.159 e. The predicted molar refractivity (Wildman–Crippen MR) is 142 cm³/mol. The first-order chi connectivity index (χ1) is 16.6. The van der Waals surface area contributed by atoms with Gasteiger partial charge in [0.15, 0.2) is 5.82 Å². The van der Waals surface area contributed by atoms with E-state index < -0.39 is 6.17 Å². The first-order valence-corrected chi connectivity index (χ1v) is 13.8. The highest BCUT2D eigenvalue weighted by molar-refractivity contribution is 5.55. The van der Waals surface area contributed by atoms with Crippen LogP contribution in [0.15, 0.2) is 36.7 Å². The van der Waals surface area contributed by atoms with E-state index in [1.165, 1.54) is 63.4 Å². The molecule has 190 valence electrons. The van der Waals surface area contributed by atoms with Gasteiger partial charge in [0.05, 0.1) is 6.61 Å². The molecule has 3 nitrogen and oxygen atoms in total. The zero-order valence-electron chi connectivity index (χ0n) is 21.9. The second-order valence-corrected chi connectivity index (χ2v) is 9.88. The van der Waals surface area contributed by atoms with Crippen LogP contribution in [0, 0.1) is 5.92 Å². The number of aromatic nitrogens is 2. The molecule has 2 atom stereocenters. The molecule has 2 rings (SSSR count). The van der Waals surface area contributed by atoms with E-state index in [9.17, 15) is 4.39 Å². The lowest BCUT2D eigenvalue weighted by atomic mass is 9.98. The molecule has 0 N–H and O–H groups in total. The maximum Gasteiger partial charge on any atom is 0.159 e. The Kier molecular flexibility index (Phi) is 14.5. The third kappa shape index (κ3) is 11.9. The van der Waals surface area contributed by atoms with Crippen LogP contribution in [0.2, 0.25) is 0 Å². The summed E-state index contributed by atoms with van der Waals surface area (Å²) >= 11 is 0. The number of benzene rings is 1. The van der Waals surface area contributed by atoms with Gasteiger partial charge < -0.3 is 4.74 Å². The Labute approximate surface area is 208 Å². The first-order valence-electron chi connectivity index (χ1n) is 13.8. The zero-order chi connectivity index (χ0) is 24.4. The fraction of sp³-hybridized carbons (Fsp3) is 0.667. The molecule has 0 fully saturated rings. The average molecular weight is 471 g/mol. The minimum absolute atomic E-state index is 0.406. The lowest BCUT2D eigenvalue weighted by Gasteiger charge is -2.14. The number of rotatable bonds is 19. The van der Waals surface area contributed by atoms with E-state index in [1.54, 1.807) is 0 Å². The van der Waals surface area contributed by atoms with E-state index in [0.717, 1.165) is 36.4 Å². The summed E-state index contributed by atoms with van der Waals surface area (Å²) in [6.07, 6.45) is 19.5. The Morgan fingerprint density at radius 2 is 1.41 bits per heavy atom. The molecule has 2 unspecified atom stereocenters. The highest BCUT2D eigenvalue weighted by atomic mass is 19.1. The first kappa shape index (κ1) is 28.3. The predicted octanol–water partition coefficient (Wildman–Crippen LogP) is 9.15. The summed E-state index contributed by atoms with van der Waals surface area (Å²) in [5, 5.41) is 0. The van der Waals surface area contributed by atoms with Crippen LogP contribution in [0.25, 0.3) is 11.4 Å². The molecule has 2 aromatic rings. The average Bonchev–Trinajstić information content (AvgIpc) is 2.84. The molecule has 4 heteroatoms. The number of nitrogens with zero attached hydrogens (tertiary/aromatic N) is 2. The van der Waals surface area contributed by atoms with E-state index in [1.807, 2.05) is 36.7 Å². The second kappa shape index (κ2) is 17.5. The Morgan fingerprint density at radius 1 is 0.794 bits per heavy atom. The van der Waals surface area contributed by atoms with Gasteiger partial charge in [0, 0.05) is 24.4 Å². The summed E-state index contributed by atoms with van der Waals surface area (Å²) in [6, 6.07) is 7.78. The monoisotopic (exact) mass is 470 g/mol. The molecule has 1 aromatic heterocycles. The molecule has 0 spiro atoms. The molecule has 1 aromatic carbocycles. The van der Waals surface area contributed by atoms with Crippen molar-refractivity contribution in [2.75, 3.05) is 6.61 Å². The number of ether oxygens (including phenoxy) is 1. The summed E-state index contributed by atoms with van der Waals surface area (Å²) in [6.45, 7) is 6.95. The van der Waals surface area contributed by atoms with Gasteiger partial charge in [0.1, 0.15) is 11.9 Å². The van der Waals surface area contributed by atoms with Crippen molar-refractivity contribution < 1.29 is 9.13 Å². The summed E-state index contributed by atoms with van der Waals surface area (Å²) in [4.78, 5) is 9.12. The van der Waals surface area contributed by atoms with Gasteiger partial charge in [-0.25, -0.2) is 14.4 Å². The van der Waals surface area contributed by atoms with Crippen LogP contribution in [0.1, 0.15) is 110 Å². The van der Waals surface area contributed by atoms with Crippen LogP contribution in [0.3, 0.4) is 0 Å². The van der Waals surface area contributed by atoms with Crippen molar-refractivity contribution in [3.8, 4) is 17.1 Å². The van der Waals surface area contributed by atoms with Gasteiger partial charge in [-0.1, -0.05) is 85.0 Å². The molecule has 0 saturated carbocycles. The van der Waals surface area contributed by atoms with Gasteiger partial charge in [0.2, 0.25) is 0 Å². The molecular formula is C30H47FN2O. The lowest BCUT2D eigenvalue weighted by Crippen LogP contribution is -2.11. The molecule has 0 aliphatic carbocycles. The number of halogens is 1. The SMILES string of the molecule is CCCCCCCCCCCc1cnc(-c2ccc(OCCC(F)CC(C)CCC)cc2)nc1. The fourth-order valence-electron chi connectivity index (χ4n) is 4.44. The van der Waals surface area contributed by atoms with Crippen LogP contribution in [-0.2, 0) is 6.42 Å². The number of hydrogen-bond acceptors (Lipinski definition) is 3. The van der Waals surface area contributed by atoms with Gasteiger partial charge in [-0.05, 0) is 55.0 Å². The fourth-order valence-corrected chi connectivity index (χ4v) is 4.44. The lowest BCUT2D eigenvalue weighted by molar-refractivity contribution is 0.206. The van der Waals surface area contributed by atoms with Gasteiger partial charge in [0.25, 0.3) is 0 Å². The van der Waals surface area contributed by atoms with Crippen molar-refractivity contribution in [3.05, 3.63) is 42.2 Å². The van der Waals surface area contributed by atoms with E-state index in [2.05, 4.69) is 30.7 Å². The van der Waals surface area contributed by atoms with E-state index in [0.29, 0.717) is 25.4 Å². The maximum absolute atomic E-state index is 14.1. The number of alkyl halides is 1. The van der Waals surface area contributed by atoms with Crippen LogP contribution in [0.4, 0.5) is 4.39 Å². The highest BCUT2D eigenvalue weighted by Gasteiger charge is 2.12. The summed E-state index contributed by atoms with van der Waals surface area (Å²) in [5.41, 5.74) is 2.18. The molecule has 0 aliphatic rings. The van der Waals surface area contributed by atoms with E-state index >= 15 is 0 Å². The van der Waals surface area contributed by atoms with Crippen molar-refractivity contribution in [2.45, 2.75) is 117 Å². The van der Waals surface area contributed by atoms with Crippen molar-refractivity contribution in [1.82, 2.24) is 9.97 Å². The van der Waals surface area contributed by atoms with Gasteiger partial charge >= 0.3 is 0 Å². The Bertz CT molecular complexity index is 747. The summed E-state index contributed by atoms with van der Waals surface area (Å²) in [7, 11) is 0. The third-order valence-corrected chi connectivity index (χ3v) is 6.53. The normalized spacial score (nSPS) is 13.1. The Morgan fingerprint density at radius 3 is 2.03 bits per heavy atom. The number of unbranched alkanes of at least 4 members (excludes halogenated alkanes) is 8. The Balaban J connectivity index is 1.64. The molecule has 0 saturated heterocycles. The Hall–Kier alpha value is -1.97. The zero-order valence-corrected chi connectivity index (χ0v) is 21.9. The number of aryl methyl sites for hydroxylation is 1. The van der Waals surface area contributed by atoms with Gasteiger partial charge in [-0.15, -0.1) is 0 Å². The van der Waals surface area contributed by atoms with E-state index in [4.69, 9.17) is 4.74 Å². The quantitative estimate of drug-likeness (QED) is 0.192. The van der Waals surface area contributed by atoms with Crippen LogP contribution in [0.5, 0.6) is 5.75 Å². The standard InChI is InChI=1S/C30H47FN2O/c1-4-6-7-8-9-10-11-12-13-15-26-23-32-30(33-24-26)27-16-18-29(19-17-27)34-21-20-28(31)22-25(3)14-5-2/h16-19,23-25,28H,4-15,20-22H2,1-3H3. The minimum Gasteiger partial charge on any atom is -0.493 e. The van der Waals surface area contributed by atoms with Gasteiger partial charge in [-0.3, -0.25) is 0 Å². The topological polar surface area (TPSA) is 35.0 Å². The third-order valence-electron chi connectivity index (χ3n) is 6.53. The molecule has 0 amide bonds. The van der Waals surface area contributed by atoms with Crippen molar-refractivity contribution in [1.29, 1.82) is 0 Å². The van der Waals surface area contributed by atoms with Gasteiger partial charge in [-0.2, -0.15) is 0 Å². The largest absolute Gasteiger partial charge is 0.493 e. The van der Waals surface area contributed by atoms with Crippen LogP contribution < -0.4 is 4.74 Å². The molecule has 34 heavy (non-hydrogen) atoms. The second-order valence-electron chi connectivity index (χ2n) is 9.88. The minimum atomic E-state index is -0.789. The molecular weight excluding hydrogens is 423 g/mol. The van der Waals surface area contributed by atoms with Crippen molar-refractivity contribution in [3.63, 3.8) is 0 Å². The van der Waals surface area contributed by atoms with Crippen molar-refractivity contribution in [2.24, 2.45) is 5.92 Å². The van der Waals surface area contributed by atoms with Crippen LogP contribution >= 0.6 is 0 Å². The molecule has 0 bridgehead atoms. The van der Waals surface area contributed by atoms with Crippen LogP contribution in [-0.4, -0.2) is 22.7 Å².